The zero-order chi connectivity index (χ0) is 14.0. The van der Waals surface area contributed by atoms with Gasteiger partial charge in [0.05, 0.1) is 5.92 Å². The van der Waals surface area contributed by atoms with Crippen LogP contribution in [-0.4, -0.2) is 37.0 Å². The lowest BCUT2D eigenvalue weighted by molar-refractivity contribution is -0.136. The van der Waals surface area contributed by atoms with E-state index in [-0.39, 0.29) is 5.92 Å². The molecule has 2 saturated heterocycles. The number of carbonyl (C=O) groups is 1. The van der Waals surface area contributed by atoms with Crippen molar-refractivity contribution in [2.24, 2.45) is 23.2 Å². The molecule has 3 atom stereocenters. The molecule has 1 unspecified atom stereocenters. The molecule has 2 rings (SSSR count). The van der Waals surface area contributed by atoms with E-state index in [1.54, 1.807) is 0 Å². The van der Waals surface area contributed by atoms with Gasteiger partial charge in [0.25, 0.3) is 0 Å². The second-order valence-electron chi connectivity index (χ2n) is 7.56. The van der Waals surface area contributed by atoms with Crippen molar-refractivity contribution in [2.75, 3.05) is 26.2 Å². The zero-order valence-corrected chi connectivity index (χ0v) is 13.0. The summed E-state index contributed by atoms with van der Waals surface area (Å²) in [4.78, 5) is 14.7. The molecule has 0 aromatic heterocycles. The van der Waals surface area contributed by atoms with Crippen LogP contribution in [0.25, 0.3) is 0 Å². The minimum absolute atomic E-state index is 0.214. The highest BCUT2D eigenvalue weighted by Crippen LogP contribution is 2.34. The maximum Gasteiger partial charge on any atom is 0.227 e. The van der Waals surface area contributed by atoms with Crippen LogP contribution in [0.4, 0.5) is 0 Å². The number of nitrogens with one attached hydrogen (secondary N) is 1. The van der Waals surface area contributed by atoms with Gasteiger partial charge in [-0.3, -0.25) is 4.79 Å². The number of hydrogen-bond acceptors (Lipinski definition) is 2. The van der Waals surface area contributed by atoms with Crippen LogP contribution >= 0.6 is 0 Å². The third kappa shape index (κ3) is 3.50. The Balaban J connectivity index is 1.94. The fraction of sp³-hybridized carbons (Fsp3) is 0.938. The van der Waals surface area contributed by atoms with E-state index in [9.17, 15) is 4.79 Å². The van der Waals surface area contributed by atoms with Gasteiger partial charge in [-0.05, 0) is 43.1 Å². The minimum atomic E-state index is 0.214. The first-order chi connectivity index (χ1) is 8.89. The molecule has 3 heteroatoms. The van der Waals surface area contributed by atoms with E-state index in [0.717, 1.165) is 32.1 Å². The predicted molar refractivity (Wildman–Crippen MR) is 78.9 cm³/mol. The fourth-order valence-corrected chi connectivity index (χ4v) is 3.56. The molecule has 110 valence electrons. The fourth-order valence-electron chi connectivity index (χ4n) is 3.56. The average molecular weight is 266 g/mol. The summed E-state index contributed by atoms with van der Waals surface area (Å²) in [5.74, 6) is 1.86. The minimum Gasteiger partial charge on any atom is -0.342 e. The Morgan fingerprint density at radius 2 is 1.89 bits per heavy atom. The largest absolute Gasteiger partial charge is 0.342 e. The van der Waals surface area contributed by atoms with Crippen LogP contribution in [0, 0.1) is 23.2 Å². The third-order valence-electron chi connectivity index (χ3n) is 5.10. The topological polar surface area (TPSA) is 32.3 Å². The van der Waals surface area contributed by atoms with Gasteiger partial charge in [0.2, 0.25) is 5.91 Å². The monoisotopic (exact) mass is 266 g/mol. The van der Waals surface area contributed by atoms with Gasteiger partial charge in [0.15, 0.2) is 0 Å². The van der Waals surface area contributed by atoms with Gasteiger partial charge in [-0.2, -0.15) is 0 Å². The Bertz CT molecular complexity index is 321. The predicted octanol–water partition coefficient (Wildman–Crippen LogP) is 2.52. The van der Waals surface area contributed by atoms with Crippen LogP contribution in [0.1, 0.15) is 47.0 Å². The highest BCUT2D eigenvalue weighted by molar-refractivity contribution is 5.79. The summed E-state index contributed by atoms with van der Waals surface area (Å²) >= 11 is 0. The van der Waals surface area contributed by atoms with Crippen LogP contribution in [0.15, 0.2) is 0 Å². The highest BCUT2D eigenvalue weighted by Gasteiger charge is 2.34. The molecule has 1 amide bonds. The quantitative estimate of drug-likeness (QED) is 0.791. The van der Waals surface area contributed by atoms with Crippen molar-refractivity contribution < 1.29 is 4.79 Å². The van der Waals surface area contributed by atoms with E-state index >= 15 is 0 Å². The normalized spacial score (nSPS) is 33.3. The van der Waals surface area contributed by atoms with Crippen LogP contribution < -0.4 is 5.32 Å². The molecule has 0 radical (unpaired) electrons. The van der Waals surface area contributed by atoms with E-state index in [4.69, 9.17) is 0 Å². The molecule has 1 N–H and O–H groups in total. The molecule has 0 aromatic carbocycles. The summed E-state index contributed by atoms with van der Waals surface area (Å²) in [5, 5.41) is 3.34. The Kier molecular flexibility index (Phi) is 4.54. The number of rotatable bonds is 1. The summed E-state index contributed by atoms with van der Waals surface area (Å²) in [6.45, 7) is 13.0. The van der Waals surface area contributed by atoms with Gasteiger partial charge >= 0.3 is 0 Å². The Hall–Kier alpha value is -0.570. The molecule has 19 heavy (non-hydrogen) atoms. The van der Waals surface area contributed by atoms with E-state index in [1.165, 1.54) is 19.3 Å². The lowest BCUT2D eigenvalue weighted by atomic mass is 9.77. The number of likely N-dealkylation sites (tertiary alicyclic amines) is 1. The molecule has 2 fully saturated rings. The van der Waals surface area contributed by atoms with Crippen molar-refractivity contribution in [2.45, 2.75) is 47.0 Å². The van der Waals surface area contributed by atoms with Gasteiger partial charge in [-0.1, -0.05) is 27.7 Å². The highest BCUT2D eigenvalue weighted by atomic mass is 16.2. The number of amides is 1. The molecule has 2 heterocycles. The van der Waals surface area contributed by atoms with Gasteiger partial charge in [-0.25, -0.2) is 0 Å². The maximum absolute atomic E-state index is 12.6. The molecular weight excluding hydrogens is 236 g/mol. The van der Waals surface area contributed by atoms with Crippen LogP contribution in [-0.2, 0) is 4.79 Å². The summed E-state index contributed by atoms with van der Waals surface area (Å²) in [5.41, 5.74) is 0.376. The van der Waals surface area contributed by atoms with Gasteiger partial charge in [-0.15, -0.1) is 0 Å². The molecule has 2 aliphatic heterocycles. The van der Waals surface area contributed by atoms with E-state index in [2.05, 4.69) is 37.9 Å². The second kappa shape index (κ2) is 5.82. The van der Waals surface area contributed by atoms with Gasteiger partial charge in [0.1, 0.15) is 0 Å². The molecule has 0 bridgehead atoms. The molecule has 0 aromatic rings. The molecule has 3 nitrogen and oxygen atoms in total. The summed E-state index contributed by atoms with van der Waals surface area (Å²) in [6.07, 6.45) is 3.61. The van der Waals surface area contributed by atoms with Crippen molar-refractivity contribution in [1.82, 2.24) is 10.2 Å². The van der Waals surface area contributed by atoms with Gasteiger partial charge in [0, 0.05) is 19.6 Å². The van der Waals surface area contributed by atoms with Crippen molar-refractivity contribution in [3.05, 3.63) is 0 Å². The zero-order valence-electron chi connectivity index (χ0n) is 13.0. The summed E-state index contributed by atoms with van der Waals surface area (Å²) in [6, 6.07) is 0. The first kappa shape index (κ1) is 14.8. The smallest absolute Gasteiger partial charge is 0.227 e. The first-order valence-electron chi connectivity index (χ1n) is 7.89. The molecule has 2 aliphatic rings. The Labute approximate surface area is 118 Å². The van der Waals surface area contributed by atoms with Crippen molar-refractivity contribution >= 4 is 5.91 Å². The number of hydrogen-bond donors (Lipinski definition) is 1. The lowest BCUT2D eigenvalue weighted by Gasteiger charge is -2.30. The average Bonchev–Trinajstić information content (AvgIpc) is 2.62. The van der Waals surface area contributed by atoms with Crippen molar-refractivity contribution in [3.63, 3.8) is 0 Å². The second-order valence-corrected chi connectivity index (χ2v) is 7.56. The van der Waals surface area contributed by atoms with E-state index in [0.29, 0.717) is 17.2 Å². The Morgan fingerprint density at radius 3 is 2.47 bits per heavy atom. The number of carbonyl (C=O) groups excluding carboxylic acids is 1. The first-order valence-corrected chi connectivity index (χ1v) is 7.89. The molecule has 0 saturated carbocycles. The Morgan fingerprint density at radius 1 is 1.16 bits per heavy atom. The van der Waals surface area contributed by atoms with Crippen molar-refractivity contribution in [1.29, 1.82) is 0 Å². The standard InChI is InChI=1S/C16H30N2O/c1-12-10-17-11-14(12)15(19)18-8-5-6-13(7-9-18)16(2,3)4/h12-14,17H,5-11H2,1-4H3/t12-,13?,14-/m1/s1. The van der Waals surface area contributed by atoms with E-state index < -0.39 is 0 Å². The lowest BCUT2D eigenvalue weighted by Crippen LogP contribution is -2.39. The van der Waals surface area contributed by atoms with Gasteiger partial charge < -0.3 is 10.2 Å². The third-order valence-corrected chi connectivity index (χ3v) is 5.10. The summed E-state index contributed by atoms with van der Waals surface area (Å²) < 4.78 is 0. The molecular formula is C16H30N2O. The summed E-state index contributed by atoms with van der Waals surface area (Å²) in [7, 11) is 0. The maximum atomic E-state index is 12.6. The molecule has 0 aliphatic carbocycles. The van der Waals surface area contributed by atoms with Crippen LogP contribution in [0.2, 0.25) is 0 Å². The SMILES string of the molecule is C[C@@H]1CNC[C@H]1C(=O)N1CCCC(C(C)(C)C)CC1. The number of nitrogens with zero attached hydrogens (tertiary/aromatic N) is 1. The molecule has 0 spiro atoms. The van der Waals surface area contributed by atoms with Crippen LogP contribution in [0.5, 0.6) is 0 Å². The van der Waals surface area contributed by atoms with Crippen LogP contribution in [0.3, 0.4) is 0 Å². The van der Waals surface area contributed by atoms with Crippen molar-refractivity contribution in [3.8, 4) is 0 Å². The van der Waals surface area contributed by atoms with E-state index in [1.807, 2.05) is 0 Å².